The Bertz CT molecular complexity index is 1870. The summed E-state index contributed by atoms with van der Waals surface area (Å²) in [6.07, 6.45) is 3.43. The highest BCUT2D eigenvalue weighted by Crippen LogP contribution is 2.61. The summed E-state index contributed by atoms with van der Waals surface area (Å²) in [4.78, 5) is 62.5. The molecule has 3 amide bonds. The molecule has 8 atom stereocenters. The van der Waals surface area contributed by atoms with Gasteiger partial charge in [0.25, 0.3) is 5.91 Å². The number of fused-ring (bicyclic) bond motifs is 1. The van der Waals surface area contributed by atoms with Crippen LogP contribution in [0.4, 0.5) is 11.4 Å². The maximum atomic E-state index is 15.3. The van der Waals surface area contributed by atoms with Gasteiger partial charge in [-0.05, 0) is 62.1 Å². The van der Waals surface area contributed by atoms with Gasteiger partial charge < -0.3 is 34.6 Å². The third-order valence-corrected chi connectivity index (χ3v) is 12.2. The van der Waals surface area contributed by atoms with E-state index in [-0.39, 0.29) is 30.8 Å². The van der Waals surface area contributed by atoms with Crippen LogP contribution >= 0.6 is 15.9 Å². The Morgan fingerprint density at radius 2 is 1.61 bits per heavy atom. The van der Waals surface area contributed by atoms with Crippen LogP contribution in [0.3, 0.4) is 0 Å². The number of hydrogen-bond donors (Lipinski definition) is 2. The number of benzene rings is 3. The van der Waals surface area contributed by atoms with Gasteiger partial charge in [0.1, 0.15) is 18.2 Å². The van der Waals surface area contributed by atoms with Crippen LogP contribution in [0, 0.1) is 11.8 Å². The van der Waals surface area contributed by atoms with E-state index >= 15 is 9.59 Å². The Morgan fingerprint density at radius 3 is 2.20 bits per heavy atom. The summed E-state index contributed by atoms with van der Waals surface area (Å²) < 4.78 is 12.4. The molecule has 2 N–H and O–H groups in total. The normalized spacial score (nSPS) is 24.5. The number of alkyl halides is 1. The number of aliphatic hydroxyl groups is 1. The molecule has 2 bridgehead atoms. The summed E-state index contributed by atoms with van der Waals surface area (Å²) in [6.45, 7) is 13.0. The lowest BCUT2D eigenvalue weighted by atomic mass is 9.70. The first-order chi connectivity index (χ1) is 27.1. The first-order valence-electron chi connectivity index (χ1n) is 19.3. The maximum absolute atomic E-state index is 15.3. The molecule has 6 rings (SSSR count). The molecule has 1 spiro atoms. The molecule has 0 aromatic heterocycles. The summed E-state index contributed by atoms with van der Waals surface area (Å²) >= 11 is 3.78. The van der Waals surface area contributed by atoms with Crippen LogP contribution in [-0.4, -0.2) is 89.1 Å². The van der Waals surface area contributed by atoms with Crippen LogP contribution in [0.15, 0.2) is 110 Å². The summed E-state index contributed by atoms with van der Waals surface area (Å²) in [5.41, 5.74) is 1.58. The molecule has 3 aromatic rings. The van der Waals surface area contributed by atoms with Crippen molar-refractivity contribution in [1.82, 2.24) is 10.2 Å². The number of esters is 1. The minimum Gasteiger partial charge on any atom is -0.463 e. The maximum Gasteiger partial charge on any atom is 0.306 e. The van der Waals surface area contributed by atoms with E-state index in [9.17, 15) is 14.7 Å². The molecule has 296 valence electrons. The highest BCUT2D eigenvalue weighted by atomic mass is 79.9. The Morgan fingerprint density at radius 1 is 0.982 bits per heavy atom. The Balaban J connectivity index is 1.39. The van der Waals surface area contributed by atoms with E-state index in [1.54, 1.807) is 17.1 Å². The van der Waals surface area contributed by atoms with Gasteiger partial charge in [-0.15, -0.1) is 13.2 Å². The number of likely N-dealkylation sites (tertiary alicyclic amines) is 1. The Labute approximate surface area is 337 Å². The summed E-state index contributed by atoms with van der Waals surface area (Å²) in [5, 5.41) is 14.1. The van der Waals surface area contributed by atoms with E-state index in [1.165, 1.54) is 4.90 Å². The van der Waals surface area contributed by atoms with Gasteiger partial charge in [-0.3, -0.25) is 19.2 Å². The van der Waals surface area contributed by atoms with Crippen molar-refractivity contribution in [2.24, 2.45) is 11.8 Å². The highest BCUT2D eigenvalue weighted by Gasteiger charge is 2.77. The molecule has 3 heterocycles. The number of hydrogen-bond acceptors (Lipinski definition) is 8. The number of anilines is 2. The number of rotatable bonds is 18. The van der Waals surface area contributed by atoms with E-state index in [4.69, 9.17) is 9.47 Å². The van der Waals surface area contributed by atoms with Crippen molar-refractivity contribution in [3.63, 3.8) is 0 Å². The molecule has 0 saturated carbocycles. The van der Waals surface area contributed by atoms with Crippen LogP contribution in [-0.2, 0) is 28.7 Å². The molecule has 3 aromatic carbocycles. The second kappa shape index (κ2) is 18.0. The van der Waals surface area contributed by atoms with Gasteiger partial charge in [-0.2, -0.15) is 0 Å². The van der Waals surface area contributed by atoms with Gasteiger partial charge >= 0.3 is 5.97 Å². The third-order valence-electron chi connectivity index (χ3n) is 11.3. The number of nitrogens with one attached hydrogen (secondary N) is 1. The van der Waals surface area contributed by atoms with E-state index in [1.807, 2.05) is 84.9 Å². The zero-order valence-corrected chi connectivity index (χ0v) is 33.6. The number of carbonyl (C=O) groups excluding carboxylic acids is 4. The second-order valence-electron chi connectivity index (χ2n) is 14.4. The number of halogens is 1. The molecule has 0 aliphatic carbocycles. The molecular formula is C44H51BrN4O7. The molecule has 3 aliphatic rings. The summed E-state index contributed by atoms with van der Waals surface area (Å²) in [7, 11) is 0. The van der Waals surface area contributed by atoms with Crippen LogP contribution in [0.1, 0.15) is 56.3 Å². The number of carbonyl (C=O) groups is 4. The van der Waals surface area contributed by atoms with Gasteiger partial charge in [0.15, 0.2) is 0 Å². The molecule has 3 saturated heterocycles. The first-order valence-corrected chi connectivity index (χ1v) is 20.2. The van der Waals surface area contributed by atoms with Crippen molar-refractivity contribution < 1.29 is 33.8 Å². The summed E-state index contributed by atoms with van der Waals surface area (Å²) in [6, 6.07) is 23.2. The van der Waals surface area contributed by atoms with Crippen molar-refractivity contribution in [2.45, 2.75) is 67.8 Å². The third kappa shape index (κ3) is 7.79. The van der Waals surface area contributed by atoms with Crippen LogP contribution < -0.4 is 15.1 Å². The van der Waals surface area contributed by atoms with E-state index in [0.29, 0.717) is 17.7 Å². The molecule has 3 fully saturated rings. The zero-order chi connectivity index (χ0) is 40.0. The molecule has 1 unspecified atom stereocenters. The fraction of sp³-hybridized carbons (Fsp3) is 0.409. The molecule has 56 heavy (non-hydrogen) atoms. The largest absolute Gasteiger partial charge is 0.463 e. The van der Waals surface area contributed by atoms with Crippen molar-refractivity contribution in [3.8, 4) is 0 Å². The molecule has 3 aliphatic heterocycles. The lowest BCUT2D eigenvalue weighted by Crippen LogP contribution is -2.57. The van der Waals surface area contributed by atoms with Gasteiger partial charge in [-0.25, -0.2) is 0 Å². The average Bonchev–Trinajstić information content (AvgIpc) is 3.82. The number of nitrogens with zero attached hydrogens (tertiary/aromatic N) is 3. The second-order valence-corrected chi connectivity index (χ2v) is 15.6. The standard InChI is InChI=1S/C44H51BrN4O7/c1-5-9-20-36(51)55-28-34(29-16-12-10-13-17-29)46-41(52)37-38-42(53)49(35(27-50)30-18-14-11-15-19-30)40(44(38)26-33(45)39(37)56-44)43(54)48(25-6-2)32-23-21-31(22-24-32)47(7-3)8-4/h5-6,10-19,21-24,33-35,37-40,50H,1-2,7-9,20,25-28H2,3-4H3,(H,46,52)/t33?,34-,35+,37-,38+,39-,40-,44+/m0/s1. The fourth-order valence-corrected chi connectivity index (χ4v) is 9.63. The fourth-order valence-electron chi connectivity index (χ4n) is 8.69. The predicted octanol–water partition coefficient (Wildman–Crippen LogP) is 5.90. The molecular weight excluding hydrogens is 776 g/mol. The summed E-state index contributed by atoms with van der Waals surface area (Å²) in [5.74, 6) is -3.78. The monoisotopic (exact) mass is 826 g/mol. The van der Waals surface area contributed by atoms with Gasteiger partial charge in [0, 0.05) is 42.3 Å². The quantitative estimate of drug-likeness (QED) is 0.0923. The van der Waals surface area contributed by atoms with Crippen LogP contribution in [0.5, 0.6) is 0 Å². The minimum absolute atomic E-state index is 0.122. The smallest absolute Gasteiger partial charge is 0.306 e. The van der Waals surface area contributed by atoms with E-state index in [2.05, 4.69) is 53.2 Å². The molecule has 12 heteroatoms. The van der Waals surface area contributed by atoms with Crippen LogP contribution in [0.2, 0.25) is 0 Å². The lowest BCUT2D eigenvalue weighted by molar-refractivity contribution is -0.146. The Kier molecular flexibility index (Phi) is 13.1. The SMILES string of the molecule is C=CCCC(=O)OC[C@H](NC(=O)[C@@H]1[C@H]2O[C@@]3(CC2Br)[C@H](C(=O)N(CC=C)c2ccc(N(CC)CC)cc2)N([C@H](CO)c2ccccc2)C(=O)[C@@H]13)c1ccccc1. The van der Waals surface area contributed by atoms with Crippen LogP contribution in [0.25, 0.3) is 0 Å². The van der Waals surface area contributed by atoms with Gasteiger partial charge in [0.05, 0.1) is 36.6 Å². The van der Waals surface area contributed by atoms with Crippen molar-refractivity contribution >= 4 is 51.0 Å². The van der Waals surface area contributed by atoms with E-state index in [0.717, 1.165) is 24.3 Å². The van der Waals surface area contributed by atoms with Crippen molar-refractivity contribution in [1.29, 1.82) is 0 Å². The Hall–Kier alpha value is -4.78. The number of ether oxygens (including phenoxy) is 2. The number of aliphatic hydroxyl groups excluding tert-OH is 1. The number of amides is 3. The van der Waals surface area contributed by atoms with Crippen molar-refractivity contribution in [2.75, 3.05) is 42.6 Å². The number of allylic oxidation sites excluding steroid dienone is 1. The topological polar surface area (TPSA) is 129 Å². The predicted molar refractivity (Wildman–Crippen MR) is 219 cm³/mol. The van der Waals surface area contributed by atoms with Gasteiger partial charge in [-0.1, -0.05) is 88.7 Å². The minimum atomic E-state index is -1.41. The van der Waals surface area contributed by atoms with Gasteiger partial charge in [0.2, 0.25) is 11.8 Å². The highest BCUT2D eigenvalue weighted by molar-refractivity contribution is 9.09. The average molecular weight is 828 g/mol. The first kappa shape index (κ1) is 40.9. The molecule has 11 nitrogen and oxygen atoms in total. The zero-order valence-electron chi connectivity index (χ0n) is 32.0. The molecule has 0 radical (unpaired) electrons. The van der Waals surface area contributed by atoms with E-state index < -0.39 is 72.0 Å². The van der Waals surface area contributed by atoms with Crippen molar-refractivity contribution in [3.05, 3.63) is 121 Å². The lowest BCUT2D eigenvalue weighted by Gasteiger charge is -2.39.